The number of halogens is 1. The first-order chi connectivity index (χ1) is 6.29. The maximum Gasteiger partial charge on any atom is 0.424 e. The van der Waals surface area contributed by atoms with Crippen LogP contribution in [0, 0.1) is 5.41 Å². The average Bonchev–Trinajstić information content (AvgIpc) is 2.03. The molecule has 1 fully saturated rings. The van der Waals surface area contributed by atoms with E-state index >= 15 is 0 Å². The SMILES string of the molecule is CCC1(CC)COP(=O)(Cl)OC1(C)C. The van der Waals surface area contributed by atoms with Gasteiger partial charge in [-0.05, 0) is 26.7 Å². The largest absolute Gasteiger partial charge is 0.424 e. The van der Waals surface area contributed by atoms with Gasteiger partial charge in [-0.25, -0.2) is 4.57 Å². The molecule has 0 N–H and O–H groups in total. The van der Waals surface area contributed by atoms with E-state index in [1.807, 2.05) is 13.8 Å². The Balaban J connectivity index is 2.97. The molecule has 0 bridgehead atoms. The first kappa shape index (κ1) is 12.5. The highest BCUT2D eigenvalue weighted by Crippen LogP contribution is 2.64. The zero-order valence-corrected chi connectivity index (χ0v) is 10.8. The molecule has 5 heteroatoms. The van der Waals surface area contributed by atoms with Crippen LogP contribution < -0.4 is 0 Å². The topological polar surface area (TPSA) is 35.5 Å². The number of hydrogen-bond acceptors (Lipinski definition) is 3. The van der Waals surface area contributed by atoms with Gasteiger partial charge in [-0.2, -0.15) is 0 Å². The molecule has 0 spiro atoms. The van der Waals surface area contributed by atoms with E-state index in [-0.39, 0.29) is 5.41 Å². The zero-order valence-electron chi connectivity index (χ0n) is 9.17. The molecule has 84 valence electrons. The van der Waals surface area contributed by atoms with E-state index in [0.29, 0.717) is 6.61 Å². The molecule has 1 heterocycles. The Kier molecular flexibility index (Phi) is 3.38. The van der Waals surface area contributed by atoms with Crippen LogP contribution in [0.1, 0.15) is 40.5 Å². The molecule has 1 unspecified atom stereocenters. The van der Waals surface area contributed by atoms with Gasteiger partial charge < -0.3 is 0 Å². The lowest BCUT2D eigenvalue weighted by molar-refractivity contribution is -0.104. The molecule has 1 saturated heterocycles. The van der Waals surface area contributed by atoms with E-state index in [0.717, 1.165) is 12.8 Å². The van der Waals surface area contributed by atoms with Crippen molar-refractivity contribution in [2.75, 3.05) is 6.61 Å². The van der Waals surface area contributed by atoms with Crippen molar-refractivity contribution < 1.29 is 13.6 Å². The van der Waals surface area contributed by atoms with Gasteiger partial charge in [-0.3, -0.25) is 9.05 Å². The zero-order chi connectivity index (χ0) is 11.0. The molecule has 3 nitrogen and oxygen atoms in total. The minimum atomic E-state index is -3.34. The maximum atomic E-state index is 11.5. The maximum absolute atomic E-state index is 11.5. The van der Waals surface area contributed by atoms with E-state index in [1.54, 1.807) is 0 Å². The second-order valence-electron chi connectivity index (χ2n) is 4.29. The number of hydrogen-bond donors (Lipinski definition) is 0. The summed E-state index contributed by atoms with van der Waals surface area (Å²) in [6.45, 7) is 5.10. The standard InChI is InChI=1S/C9H18ClO3P/c1-5-9(6-2)7-12-14(10,11)13-8(9,3)4/h5-7H2,1-4H3. The van der Waals surface area contributed by atoms with Gasteiger partial charge in [0.1, 0.15) is 0 Å². The fraction of sp³-hybridized carbons (Fsp3) is 1.00. The molecule has 0 saturated carbocycles. The molecule has 1 atom stereocenters. The fourth-order valence-electron chi connectivity index (χ4n) is 2.08. The molecule has 1 aliphatic rings. The van der Waals surface area contributed by atoms with Crippen molar-refractivity contribution in [3.8, 4) is 0 Å². The van der Waals surface area contributed by atoms with Crippen molar-refractivity contribution in [2.45, 2.75) is 46.1 Å². The van der Waals surface area contributed by atoms with Crippen molar-refractivity contribution in [1.82, 2.24) is 0 Å². The highest BCUT2D eigenvalue weighted by atomic mass is 35.7. The molecule has 0 radical (unpaired) electrons. The van der Waals surface area contributed by atoms with Crippen molar-refractivity contribution in [3.05, 3.63) is 0 Å². The van der Waals surface area contributed by atoms with Gasteiger partial charge in [0.2, 0.25) is 0 Å². The van der Waals surface area contributed by atoms with Crippen LogP contribution >= 0.6 is 18.2 Å². The number of rotatable bonds is 2. The van der Waals surface area contributed by atoms with E-state index in [9.17, 15) is 4.57 Å². The summed E-state index contributed by atoms with van der Waals surface area (Å²) in [5.74, 6) is 0. The lowest BCUT2D eigenvalue weighted by Crippen LogP contribution is -2.50. The summed E-state index contributed by atoms with van der Waals surface area (Å²) in [6, 6.07) is 0. The van der Waals surface area contributed by atoms with Crippen molar-refractivity contribution >= 4 is 18.2 Å². The van der Waals surface area contributed by atoms with E-state index < -0.39 is 12.5 Å². The summed E-state index contributed by atoms with van der Waals surface area (Å²) >= 11 is 5.61. The Bertz CT molecular complexity index is 261. The van der Waals surface area contributed by atoms with E-state index in [4.69, 9.17) is 20.3 Å². The third kappa shape index (κ3) is 2.01. The molecular weight excluding hydrogens is 223 g/mol. The van der Waals surface area contributed by atoms with Crippen LogP contribution in [0.4, 0.5) is 0 Å². The van der Waals surface area contributed by atoms with Crippen LogP contribution in [0.5, 0.6) is 0 Å². The average molecular weight is 241 g/mol. The van der Waals surface area contributed by atoms with Crippen molar-refractivity contribution in [2.24, 2.45) is 5.41 Å². The Morgan fingerprint density at radius 2 is 1.86 bits per heavy atom. The molecular formula is C9H18ClO3P. The molecule has 1 aliphatic heterocycles. The van der Waals surface area contributed by atoms with Gasteiger partial charge in [0.15, 0.2) is 0 Å². The summed E-state index contributed by atoms with van der Waals surface area (Å²) in [5, 5.41) is 0. The highest BCUT2D eigenvalue weighted by molar-refractivity contribution is 7.81. The Morgan fingerprint density at radius 3 is 2.21 bits per heavy atom. The second-order valence-corrected chi connectivity index (χ2v) is 6.84. The second kappa shape index (κ2) is 3.79. The van der Waals surface area contributed by atoms with Gasteiger partial charge in [0.05, 0.1) is 12.2 Å². The van der Waals surface area contributed by atoms with Gasteiger partial charge in [0.25, 0.3) is 0 Å². The van der Waals surface area contributed by atoms with Crippen LogP contribution in [0.25, 0.3) is 0 Å². The predicted octanol–water partition coefficient (Wildman–Crippen LogP) is 3.97. The van der Waals surface area contributed by atoms with Crippen molar-refractivity contribution in [3.63, 3.8) is 0 Å². The Morgan fingerprint density at radius 1 is 1.36 bits per heavy atom. The first-order valence-electron chi connectivity index (χ1n) is 4.93. The molecule has 0 amide bonds. The Labute approximate surface area is 90.4 Å². The smallest absolute Gasteiger partial charge is 0.296 e. The molecule has 0 aromatic heterocycles. The minimum Gasteiger partial charge on any atom is -0.296 e. The van der Waals surface area contributed by atoms with Crippen LogP contribution in [0.3, 0.4) is 0 Å². The van der Waals surface area contributed by atoms with E-state index in [2.05, 4.69) is 13.8 Å². The molecule has 0 aromatic rings. The summed E-state index contributed by atoms with van der Waals surface area (Å²) in [7, 11) is 0. The van der Waals surface area contributed by atoms with Crippen LogP contribution in [-0.4, -0.2) is 12.2 Å². The third-order valence-corrected chi connectivity index (χ3v) is 5.07. The first-order valence-corrected chi connectivity index (χ1v) is 7.38. The third-order valence-electron chi connectivity index (χ3n) is 3.46. The van der Waals surface area contributed by atoms with Crippen molar-refractivity contribution in [1.29, 1.82) is 0 Å². The summed E-state index contributed by atoms with van der Waals surface area (Å²) < 4.78 is 21.9. The van der Waals surface area contributed by atoms with Gasteiger partial charge >= 0.3 is 6.95 Å². The minimum absolute atomic E-state index is 0.0875. The van der Waals surface area contributed by atoms with Gasteiger partial charge in [-0.15, -0.1) is 0 Å². The predicted molar refractivity (Wildman–Crippen MR) is 57.6 cm³/mol. The molecule has 0 aromatic carbocycles. The summed E-state index contributed by atoms with van der Waals surface area (Å²) in [4.78, 5) is 0. The molecule has 14 heavy (non-hydrogen) atoms. The quantitative estimate of drug-likeness (QED) is 0.685. The van der Waals surface area contributed by atoms with Crippen LogP contribution in [0.2, 0.25) is 0 Å². The normalized spacial score (nSPS) is 35.5. The Hall–Kier alpha value is 0.440. The van der Waals surface area contributed by atoms with Gasteiger partial charge in [0, 0.05) is 16.7 Å². The monoisotopic (exact) mass is 240 g/mol. The summed E-state index contributed by atoms with van der Waals surface area (Å²) in [5.41, 5.74) is -0.582. The highest BCUT2D eigenvalue weighted by Gasteiger charge is 2.52. The molecule has 1 rings (SSSR count). The van der Waals surface area contributed by atoms with E-state index in [1.165, 1.54) is 0 Å². The lowest BCUT2D eigenvalue weighted by atomic mass is 9.70. The van der Waals surface area contributed by atoms with Gasteiger partial charge in [-0.1, -0.05) is 13.8 Å². The van der Waals surface area contributed by atoms with Crippen LogP contribution in [-0.2, 0) is 13.6 Å². The molecule has 0 aliphatic carbocycles. The summed E-state index contributed by atoms with van der Waals surface area (Å²) in [6.07, 6.45) is 1.85. The van der Waals surface area contributed by atoms with Crippen LogP contribution in [0.15, 0.2) is 0 Å². The fourth-order valence-corrected chi connectivity index (χ4v) is 3.93. The lowest BCUT2D eigenvalue weighted by Gasteiger charge is -2.49.